The summed E-state index contributed by atoms with van der Waals surface area (Å²) >= 11 is 0. The van der Waals surface area contributed by atoms with Crippen LogP contribution >= 0.6 is 0 Å². The third-order valence-electron chi connectivity index (χ3n) is 4.96. The summed E-state index contributed by atoms with van der Waals surface area (Å²) in [4.78, 5) is 30.7. The van der Waals surface area contributed by atoms with Crippen molar-refractivity contribution in [3.05, 3.63) is 29.3 Å². The number of carbonyl (C=O) groups excluding carboxylic acids is 2. The molecule has 1 aromatic rings. The largest absolute Gasteiger partial charge is 0.342 e. The quantitative estimate of drug-likeness (QED) is 0.805. The van der Waals surface area contributed by atoms with E-state index >= 15 is 0 Å². The third kappa shape index (κ3) is 5.81. The molecule has 2 rings (SSSR count). The summed E-state index contributed by atoms with van der Waals surface area (Å²) in [5.74, 6) is 0.209. The molecule has 6 nitrogen and oxygen atoms in total. The van der Waals surface area contributed by atoms with Crippen LogP contribution in [0.3, 0.4) is 0 Å². The van der Waals surface area contributed by atoms with Crippen molar-refractivity contribution in [2.75, 3.05) is 57.7 Å². The van der Waals surface area contributed by atoms with Crippen molar-refractivity contribution in [1.29, 1.82) is 0 Å². The van der Waals surface area contributed by atoms with Gasteiger partial charge >= 0.3 is 0 Å². The smallest absolute Gasteiger partial charge is 0.238 e. The molecule has 2 amide bonds. The lowest BCUT2D eigenvalue weighted by Crippen LogP contribution is -2.51. The topological polar surface area (TPSA) is 55.9 Å². The van der Waals surface area contributed by atoms with Crippen LogP contribution in [0.15, 0.2) is 18.2 Å². The number of hydrogen-bond donors (Lipinski definition) is 1. The minimum Gasteiger partial charge on any atom is -0.342 e. The predicted molar refractivity (Wildman–Crippen MR) is 105 cm³/mol. The second-order valence-electron chi connectivity index (χ2n) is 6.98. The molecule has 1 aliphatic heterocycles. The van der Waals surface area contributed by atoms with Crippen molar-refractivity contribution >= 4 is 17.5 Å². The van der Waals surface area contributed by atoms with Crippen molar-refractivity contribution in [3.8, 4) is 0 Å². The van der Waals surface area contributed by atoms with Crippen molar-refractivity contribution in [3.63, 3.8) is 0 Å². The highest BCUT2D eigenvalue weighted by Gasteiger charge is 2.22. The predicted octanol–water partition coefficient (Wildman–Crippen LogP) is 1.73. The first-order valence-electron chi connectivity index (χ1n) is 9.52. The summed E-state index contributed by atoms with van der Waals surface area (Å²) in [6, 6.07) is 6.04. The molecule has 0 aliphatic carbocycles. The van der Waals surface area contributed by atoms with Crippen LogP contribution in [0.25, 0.3) is 0 Å². The summed E-state index contributed by atoms with van der Waals surface area (Å²) in [7, 11) is 0. The summed E-state index contributed by atoms with van der Waals surface area (Å²) < 4.78 is 0. The fourth-order valence-electron chi connectivity index (χ4n) is 3.32. The zero-order valence-electron chi connectivity index (χ0n) is 16.5. The molecular weight excluding hydrogens is 328 g/mol. The molecule has 6 heteroatoms. The highest BCUT2D eigenvalue weighted by molar-refractivity contribution is 5.93. The van der Waals surface area contributed by atoms with Gasteiger partial charge in [-0.2, -0.15) is 0 Å². The van der Waals surface area contributed by atoms with Gasteiger partial charge in [-0.3, -0.25) is 19.4 Å². The zero-order valence-corrected chi connectivity index (χ0v) is 16.5. The molecule has 0 radical (unpaired) electrons. The number of amides is 2. The second kappa shape index (κ2) is 9.69. The molecule has 26 heavy (non-hydrogen) atoms. The number of hydrogen-bond acceptors (Lipinski definition) is 4. The average Bonchev–Trinajstić information content (AvgIpc) is 2.60. The Morgan fingerprint density at radius 1 is 1.00 bits per heavy atom. The fourth-order valence-corrected chi connectivity index (χ4v) is 3.32. The Kier molecular flexibility index (Phi) is 7.60. The Morgan fingerprint density at radius 2 is 1.58 bits per heavy atom. The normalized spacial score (nSPS) is 15.7. The fraction of sp³-hybridized carbons (Fsp3) is 0.600. The summed E-state index contributed by atoms with van der Waals surface area (Å²) in [6.45, 7) is 13.7. The Hall–Kier alpha value is -1.92. The van der Waals surface area contributed by atoms with Crippen molar-refractivity contribution in [2.24, 2.45) is 0 Å². The second-order valence-corrected chi connectivity index (χ2v) is 6.98. The Morgan fingerprint density at radius 3 is 2.12 bits per heavy atom. The molecule has 1 fully saturated rings. The molecule has 0 unspecified atom stereocenters. The van der Waals surface area contributed by atoms with Gasteiger partial charge in [-0.05, 0) is 39.3 Å². The summed E-state index contributed by atoms with van der Waals surface area (Å²) in [6.07, 6.45) is 0. The van der Waals surface area contributed by atoms with Crippen LogP contribution < -0.4 is 5.32 Å². The average molecular weight is 361 g/mol. The first kappa shape index (κ1) is 20.4. The van der Waals surface area contributed by atoms with Gasteiger partial charge in [0.1, 0.15) is 0 Å². The third-order valence-corrected chi connectivity index (χ3v) is 4.96. The van der Waals surface area contributed by atoms with E-state index in [0.717, 1.165) is 50.5 Å². The molecule has 0 spiro atoms. The van der Waals surface area contributed by atoms with Gasteiger partial charge in [0.05, 0.1) is 13.1 Å². The standard InChI is InChI=1S/C20H32N4O2/c1-5-24(6-2)20(26)15-23-11-9-22(10-12-23)14-19(25)21-18-8-7-16(3)13-17(18)4/h7-8,13H,5-6,9-12,14-15H2,1-4H3,(H,21,25). The molecule has 1 aliphatic rings. The molecule has 144 valence electrons. The van der Waals surface area contributed by atoms with Gasteiger partial charge in [0.25, 0.3) is 0 Å². The van der Waals surface area contributed by atoms with E-state index in [0.29, 0.717) is 13.1 Å². The van der Waals surface area contributed by atoms with Crippen LogP contribution in [0.2, 0.25) is 0 Å². The van der Waals surface area contributed by atoms with Crippen molar-refractivity contribution in [2.45, 2.75) is 27.7 Å². The number of likely N-dealkylation sites (N-methyl/N-ethyl adjacent to an activating group) is 1. The number of nitrogens with zero attached hydrogens (tertiary/aromatic N) is 3. The van der Waals surface area contributed by atoms with E-state index in [1.807, 2.05) is 44.7 Å². The van der Waals surface area contributed by atoms with E-state index in [4.69, 9.17) is 0 Å². The molecular formula is C20H32N4O2. The molecule has 1 aromatic carbocycles. The molecule has 1 N–H and O–H groups in total. The lowest BCUT2D eigenvalue weighted by Gasteiger charge is -2.34. The zero-order chi connectivity index (χ0) is 19.1. The van der Waals surface area contributed by atoms with Crippen molar-refractivity contribution < 1.29 is 9.59 Å². The maximum atomic E-state index is 12.3. The first-order chi connectivity index (χ1) is 12.4. The van der Waals surface area contributed by atoms with Gasteiger partial charge < -0.3 is 10.2 Å². The number of anilines is 1. The Balaban J connectivity index is 1.76. The SMILES string of the molecule is CCN(CC)C(=O)CN1CCN(CC(=O)Nc2ccc(C)cc2C)CC1. The van der Waals surface area contributed by atoms with Crippen LogP contribution in [-0.4, -0.2) is 78.9 Å². The first-order valence-corrected chi connectivity index (χ1v) is 9.52. The van der Waals surface area contributed by atoms with Crippen LogP contribution in [0.5, 0.6) is 0 Å². The molecule has 1 heterocycles. The maximum Gasteiger partial charge on any atom is 0.238 e. The number of rotatable bonds is 7. The van der Waals surface area contributed by atoms with Gasteiger partial charge in [0.15, 0.2) is 0 Å². The van der Waals surface area contributed by atoms with Gasteiger partial charge in [0, 0.05) is 45.0 Å². The number of nitrogens with one attached hydrogen (secondary N) is 1. The van der Waals surface area contributed by atoms with E-state index in [2.05, 4.69) is 21.2 Å². The minimum atomic E-state index is 0.0182. The van der Waals surface area contributed by atoms with E-state index in [-0.39, 0.29) is 11.8 Å². The Labute approximate surface area is 157 Å². The maximum absolute atomic E-state index is 12.3. The molecule has 0 bridgehead atoms. The van der Waals surface area contributed by atoms with Crippen LogP contribution in [0.4, 0.5) is 5.69 Å². The van der Waals surface area contributed by atoms with E-state index in [9.17, 15) is 9.59 Å². The van der Waals surface area contributed by atoms with E-state index in [1.165, 1.54) is 5.56 Å². The number of carbonyl (C=O) groups is 2. The highest BCUT2D eigenvalue weighted by atomic mass is 16.2. The Bertz CT molecular complexity index is 620. The van der Waals surface area contributed by atoms with Crippen LogP contribution in [0.1, 0.15) is 25.0 Å². The molecule has 1 saturated heterocycles. The number of piperazine rings is 1. The summed E-state index contributed by atoms with van der Waals surface area (Å²) in [5, 5.41) is 3.00. The van der Waals surface area contributed by atoms with Gasteiger partial charge in [-0.25, -0.2) is 0 Å². The molecule has 0 atom stereocenters. The van der Waals surface area contributed by atoms with Gasteiger partial charge in [-0.1, -0.05) is 17.7 Å². The highest BCUT2D eigenvalue weighted by Crippen LogP contribution is 2.16. The lowest BCUT2D eigenvalue weighted by atomic mass is 10.1. The lowest BCUT2D eigenvalue weighted by molar-refractivity contribution is -0.132. The molecule has 0 aromatic heterocycles. The minimum absolute atomic E-state index is 0.0182. The van der Waals surface area contributed by atoms with Crippen LogP contribution in [-0.2, 0) is 9.59 Å². The van der Waals surface area contributed by atoms with Gasteiger partial charge in [-0.15, -0.1) is 0 Å². The van der Waals surface area contributed by atoms with Gasteiger partial charge in [0.2, 0.25) is 11.8 Å². The van der Waals surface area contributed by atoms with E-state index in [1.54, 1.807) is 0 Å². The number of aryl methyl sites for hydroxylation is 2. The number of benzene rings is 1. The van der Waals surface area contributed by atoms with Crippen LogP contribution in [0, 0.1) is 13.8 Å². The van der Waals surface area contributed by atoms with E-state index < -0.39 is 0 Å². The van der Waals surface area contributed by atoms with Crippen molar-refractivity contribution in [1.82, 2.24) is 14.7 Å². The molecule has 0 saturated carbocycles. The monoisotopic (exact) mass is 360 g/mol. The summed E-state index contributed by atoms with van der Waals surface area (Å²) in [5.41, 5.74) is 3.15.